The standard InChI is InChI=1S/C13H16N2OS/c1-9(2)7-16-11-5-3-10(4-6-11)12-8-17-13(14)15-12/h3-6,8-9H,7H2,1-2H3,(H2,14,15). The van der Waals surface area contributed by atoms with Gasteiger partial charge in [-0.15, -0.1) is 11.3 Å². The summed E-state index contributed by atoms with van der Waals surface area (Å²) in [5.74, 6) is 1.43. The third-order valence-electron chi connectivity index (χ3n) is 2.26. The summed E-state index contributed by atoms with van der Waals surface area (Å²) in [5, 5.41) is 2.55. The summed E-state index contributed by atoms with van der Waals surface area (Å²) in [4.78, 5) is 4.24. The van der Waals surface area contributed by atoms with Crippen LogP contribution in [0.15, 0.2) is 29.6 Å². The van der Waals surface area contributed by atoms with E-state index in [9.17, 15) is 0 Å². The average Bonchev–Trinajstić information content (AvgIpc) is 2.74. The fourth-order valence-electron chi connectivity index (χ4n) is 1.41. The van der Waals surface area contributed by atoms with Crippen molar-refractivity contribution in [3.63, 3.8) is 0 Å². The van der Waals surface area contributed by atoms with E-state index in [0.29, 0.717) is 11.0 Å². The van der Waals surface area contributed by atoms with E-state index in [2.05, 4.69) is 18.8 Å². The van der Waals surface area contributed by atoms with Gasteiger partial charge in [0.05, 0.1) is 12.3 Å². The van der Waals surface area contributed by atoms with Gasteiger partial charge < -0.3 is 10.5 Å². The molecule has 17 heavy (non-hydrogen) atoms. The van der Waals surface area contributed by atoms with Crippen LogP contribution in [0.5, 0.6) is 5.75 Å². The van der Waals surface area contributed by atoms with Crippen molar-refractivity contribution in [1.29, 1.82) is 0 Å². The second-order valence-electron chi connectivity index (χ2n) is 4.30. The van der Waals surface area contributed by atoms with Crippen LogP contribution in [-0.4, -0.2) is 11.6 Å². The van der Waals surface area contributed by atoms with Crippen LogP contribution < -0.4 is 10.5 Å². The van der Waals surface area contributed by atoms with E-state index in [-0.39, 0.29) is 0 Å². The number of hydrogen-bond acceptors (Lipinski definition) is 4. The maximum Gasteiger partial charge on any atom is 0.180 e. The third-order valence-corrected chi connectivity index (χ3v) is 2.93. The molecule has 2 N–H and O–H groups in total. The van der Waals surface area contributed by atoms with Gasteiger partial charge in [-0.1, -0.05) is 13.8 Å². The number of rotatable bonds is 4. The molecule has 3 nitrogen and oxygen atoms in total. The van der Waals surface area contributed by atoms with Crippen LogP contribution in [0, 0.1) is 5.92 Å². The molecule has 0 aliphatic heterocycles. The molecule has 0 aliphatic rings. The lowest BCUT2D eigenvalue weighted by atomic mass is 10.2. The molecule has 0 radical (unpaired) electrons. The molecule has 1 aromatic carbocycles. The quantitative estimate of drug-likeness (QED) is 0.901. The number of nitrogens with zero attached hydrogens (tertiary/aromatic N) is 1. The van der Waals surface area contributed by atoms with Gasteiger partial charge in [0.25, 0.3) is 0 Å². The molecular formula is C13H16N2OS. The first kappa shape index (κ1) is 11.9. The van der Waals surface area contributed by atoms with Crippen LogP contribution in [0.1, 0.15) is 13.8 Å². The Morgan fingerprint density at radius 1 is 1.29 bits per heavy atom. The Hall–Kier alpha value is -1.55. The number of benzene rings is 1. The summed E-state index contributed by atoms with van der Waals surface area (Å²) in [5.41, 5.74) is 7.59. The highest BCUT2D eigenvalue weighted by Gasteiger charge is 2.03. The lowest BCUT2D eigenvalue weighted by molar-refractivity contribution is 0.271. The molecule has 0 saturated carbocycles. The summed E-state index contributed by atoms with van der Waals surface area (Å²) in [6, 6.07) is 7.94. The summed E-state index contributed by atoms with van der Waals surface area (Å²) < 4.78 is 5.62. The van der Waals surface area contributed by atoms with Gasteiger partial charge >= 0.3 is 0 Å². The van der Waals surface area contributed by atoms with E-state index in [4.69, 9.17) is 10.5 Å². The molecular weight excluding hydrogens is 232 g/mol. The zero-order chi connectivity index (χ0) is 12.3. The van der Waals surface area contributed by atoms with Crippen molar-refractivity contribution in [2.24, 2.45) is 5.92 Å². The zero-order valence-electron chi connectivity index (χ0n) is 10.0. The van der Waals surface area contributed by atoms with E-state index in [0.717, 1.165) is 23.6 Å². The maximum atomic E-state index is 5.62. The fourth-order valence-corrected chi connectivity index (χ4v) is 1.98. The summed E-state index contributed by atoms with van der Waals surface area (Å²) in [7, 11) is 0. The minimum Gasteiger partial charge on any atom is -0.493 e. The molecule has 0 fully saturated rings. The molecule has 90 valence electrons. The number of anilines is 1. The van der Waals surface area contributed by atoms with Gasteiger partial charge in [-0.3, -0.25) is 0 Å². The molecule has 0 bridgehead atoms. The van der Waals surface area contributed by atoms with Gasteiger partial charge in [0.2, 0.25) is 0 Å². The first-order valence-electron chi connectivity index (χ1n) is 5.59. The smallest absolute Gasteiger partial charge is 0.180 e. The molecule has 0 amide bonds. The Kier molecular flexibility index (Phi) is 3.64. The minimum atomic E-state index is 0.535. The van der Waals surface area contributed by atoms with Gasteiger partial charge in [0, 0.05) is 10.9 Å². The van der Waals surface area contributed by atoms with E-state index >= 15 is 0 Å². The highest BCUT2D eigenvalue weighted by atomic mass is 32.1. The van der Waals surface area contributed by atoms with E-state index in [1.165, 1.54) is 11.3 Å². The van der Waals surface area contributed by atoms with Crippen LogP contribution in [0.4, 0.5) is 5.13 Å². The Bertz CT molecular complexity index is 476. The second-order valence-corrected chi connectivity index (χ2v) is 5.19. The predicted molar refractivity (Wildman–Crippen MR) is 72.3 cm³/mol. The molecule has 2 rings (SSSR count). The van der Waals surface area contributed by atoms with Gasteiger partial charge in [-0.2, -0.15) is 0 Å². The Balaban J connectivity index is 2.07. The van der Waals surface area contributed by atoms with Gasteiger partial charge in [-0.25, -0.2) is 4.98 Å². The van der Waals surface area contributed by atoms with E-state index in [1.54, 1.807) is 0 Å². The summed E-state index contributed by atoms with van der Waals surface area (Å²) in [6.07, 6.45) is 0. The van der Waals surface area contributed by atoms with Gasteiger partial charge in [0.15, 0.2) is 5.13 Å². The molecule has 0 spiro atoms. The summed E-state index contributed by atoms with van der Waals surface area (Å²) in [6.45, 7) is 5.00. The van der Waals surface area contributed by atoms with Crippen molar-refractivity contribution in [3.05, 3.63) is 29.6 Å². The monoisotopic (exact) mass is 248 g/mol. The van der Waals surface area contributed by atoms with Gasteiger partial charge in [0.1, 0.15) is 5.75 Å². The van der Waals surface area contributed by atoms with Crippen molar-refractivity contribution in [1.82, 2.24) is 4.98 Å². The number of aromatic nitrogens is 1. The Labute approximate surface area is 105 Å². The first-order chi connectivity index (χ1) is 8.15. The molecule has 0 saturated heterocycles. The minimum absolute atomic E-state index is 0.535. The maximum absolute atomic E-state index is 5.62. The van der Waals surface area contributed by atoms with Crippen molar-refractivity contribution in [2.45, 2.75) is 13.8 Å². The number of nitrogens with two attached hydrogens (primary N) is 1. The highest BCUT2D eigenvalue weighted by Crippen LogP contribution is 2.25. The Morgan fingerprint density at radius 3 is 2.53 bits per heavy atom. The second kappa shape index (κ2) is 5.19. The number of ether oxygens (including phenoxy) is 1. The number of thiazole rings is 1. The lowest BCUT2D eigenvalue weighted by Gasteiger charge is -2.08. The highest BCUT2D eigenvalue weighted by molar-refractivity contribution is 7.13. The largest absolute Gasteiger partial charge is 0.493 e. The van der Waals surface area contributed by atoms with Crippen molar-refractivity contribution >= 4 is 16.5 Å². The molecule has 4 heteroatoms. The molecule has 1 heterocycles. The molecule has 1 aromatic heterocycles. The molecule has 0 unspecified atom stereocenters. The zero-order valence-corrected chi connectivity index (χ0v) is 10.8. The van der Waals surface area contributed by atoms with Crippen molar-refractivity contribution in [3.8, 4) is 17.0 Å². The van der Waals surface area contributed by atoms with E-state index < -0.39 is 0 Å². The lowest BCUT2D eigenvalue weighted by Crippen LogP contribution is -2.04. The van der Waals surface area contributed by atoms with Crippen LogP contribution in [0.3, 0.4) is 0 Å². The van der Waals surface area contributed by atoms with Crippen LogP contribution in [0.2, 0.25) is 0 Å². The van der Waals surface area contributed by atoms with Gasteiger partial charge in [-0.05, 0) is 30.2 Å². The van der Waals surface area contributed by atoms with Crippen LogP contribution in [0.25, 0.3) is 11.3 Å². The van der Waals surface area contributed by atoms with Crippen LogP contribution >= 0.6 is 11.3 Å². The SMILES string of the molecule is CC(C)COc1ccc(-c2csc(N)n2)cc1. The molecule has 0 aliphatic carbocycles. The van der Waals surface area contributed by atoms with Crippen molar-refractivity contribution < 1.29 is 4.74 Å². The first-order valence-corrected chi connectivity index (χ1v) is 6.47. The van der Waals surface area contributed by atoms with E-state index in [1.807, 2.05) is 29.6 Å². The van der Waals surface area contributed by atoms with Crippen molar-refractivity contribution in [2.75, 3.05) is 12.3 Å². The topological polar surface area (TPSA) is 48.1 Å². The number of nitrogen functional groups attached to an aromatic ring is 1. The number of hydrogen-bond donors (Lipinski definition) is 1. The fraction of sp³-hybridized carbons (Fsp3) is 0.308. The predicted octanol–water partition coefficient (Wildman–Crippen LogP) is 3.43. The summed E-state index contributed by atoms with van der Waals surface area (Å²) >= 11 is 1.45. The molecule has 2 aromatic rings. The van der Waals surface area contributed by atoms with Crippen LogP contribution in [-0.2, 0) is 0 Å². The Morgan fingerprint density at radius 2 is 2.00 bits per heavy atom. The molecule has 0 atom stereocenters. The normalized spacial score (nSPS) is 10.8. The third kappa shape index (κ3) is 3.20. The average molecular weight is 248 g/mol.